The van der Waals surface area contributed by atoms with Gasteiger partial charge in [0.15, 0.2) is 10.9 Å². The van der Waals surface area contributed by atoms with Crippen LogP contribution in [0.2, 0.25) is 0 Å². The van der Waals surface area contributed by atoms with Crippen molar-refractivity contribution in [2.75, 3.05) is 6.54 Å². The van der Waals surface area contributed by atoms with Crippen LogP contribution in [0.5, 0.6) is 0 Å². The molecule has 0 unspecified atom stereocenters. The lowest BCUT2D eigenvalue weighted by molar-refractivity contribution is 0.0948. The third kappa shape index (κ3) is 5.58. The van der Waals surface area contributed by atoms with E-state index < -0.39 is 0 Å². The Labute approximate surface area is 186 Å². The number of carbonyl (C=O) groups excluding carboxylic acids is 1. The molecule has 0 atom stereocenters. The van der Waals surface area contributed by atoms with Gasteiger partial charge >= 0.3 is 0 Å². The van der Waals surface area contributed by atoms with Gasteiger partial charge in [-0.3, -0.25) is 4.79 Å². The van der Waals surface area contributed by atoms with Crippen LogP contribution in [-0.4, -0.2) is 37.4 Å². The number of nitrogens with one attached hydrogen (secondary N) is 1. The molecule has 31 heavy (non-hydrogen) atoms. The summed E-state index contributed by atoms with van der Waals surface area (Å²) >= 11 is 1.46. The Bertz CT molecular complexity index is 1050. The molecule has 8 heteroatoms. The summed E-state index contributed by atoms with van der Waals surface area (Å²) in [6.07, 6.45) is 11.4. The predicted molar refractivity (Wildman–Crippen MR) is 121 cm³/mol. The molecule has 7 nitrogen and oxygen atoms in total. The van der Waals surface area contributed by atoms with Gasteiger partial charge in [0.05, 0.1) is 11.4 Å². The highest BCUT2D eigenvalue weighted by Crippen LogP contribution is 2.23. The van der Waals surface area contributed by atoms with Gasteiger partial charge in [-0.1, -0.05) is 46.3 Å². The number of allylic oxidation sites excluding steroid dienone is 1. The first-order valence-corrected chi connectivity index (χ1v) is 11.6. The van der Waals surface area contributed by atoms with Crippen LogP contribution in [0.15, 0.2) is 59.5 Å². The van der Waals surface area contributed by atoms with E-state index >= 15 is 0 Å². The number of rotatable bonds is 8. The van der Waals surface area contributed by atoms with E-state index in [0.29, 0.717) is 23.1 Å². The van der Waals surface area contributed by atoms with Crippen molar-refractivity contribution in [1.29, 1.82) is 0 Å². The molecular weight excluding hydrogens is 408 g/mol. The Kier molecular flexibility index (Phi) is 7.09. The average Bonchev–Trinajstić information content (AvgIpc) is 3.23. The smallest absolute Gasteiger partial charge is 0.273 e. The van der Waals surface area contributed by atoms with Gasteiger partial charge in [0.1, 0.15) is 0 Å². The third-order valence-corrected chi connectivity index (χ3v) is 6.14. The van der Waals surface area contributed by atoms with Crippen molar-refractivity contribution in [3.63, 3.8) is 0 Å². The van der Waals surface area contributed by atoms with Gasteiger partial charge in [0.25, 0.3) is 5.91 Å². The largest absolute Gasteiger partial charge is 0.350 e. The van der Waals surface area contributed by atoms with E-state index in [9.17, 15) is 4.79 Å². The summed E-state index contributed by atoms with van der Waals surface area (Å²) in [6.45, 7) is 2.64. The molecule has 2 aromatic heterocycles. The van der Waals surface area contributed by atoms with Crippen molar-refractivity contribution < 1.29 is 4.79 Å². The molecule has 2 heterocycles. The minimum atomic E-state index is -0.195. The van der Waals surface area contributed by atoms with E-state index in [2.05, 4.69) is 31.7 Å². The van der Waals surface area contributed by atoms with Crippen molar-refractivity contribution in [3.8, 4) is 5.69 Å². The van der Waals surface area contributed by atoms with E-state index in [1.54, 1.807) is 23.1 Å². The molecule has 0 radical (unpaired) electrons. The molecule has 3 aromatic rings. The molecule has 1 aromatic carbocycles. The molecule has 1 aliphatic carbocycles. The highest BCUT2D eigenvalue weighted by molar-refractivity contribution is 7.98. The summed E-state index contributed by atoms with van der Waals surface area (Å²) in [4.78, 5) is 21.5. The molecule has 0 spiro atoms. The number of nitrogens with zero attached hydrogens (tertiary/aromatic N) is 5. The summed E-state index contributed by atoms with van der Waals surface area (Å²) in [6, 6.07) is 9.78. The van der Waals surface area contributed by atoms with Crippen LogP contribution in [0, 0.1) is 6.92 Å². The first kappa shape index (κ1) is 21.2. The summed E-state index contributed by atoms with van der Waals surface area (Å²) in [5, 5.41) is 12.2. The first-order chi connectivity index (χ1) is 15.2. The maximum atomic E-state index is 12.9. The molecule has 0 bridgehead atoms. The van der Waals surface area contributed by atoms with E-state index in [0.717, 1.165) is 36.2 Å². The van der Waals surface area contributed by atoms with Gasteiger partial charge < -0.3 is 5.32 Å². The average molecular weight is 435 g/mol. The Hall–Kier alpha value is -3.00. The number of benzene rings is 1. The Morgan fingerprint density at radius 2 is 1.97 bits per heavy atom. The summed E-state index contributed by atoms with van der Waals surface area (Å²) in [5.74, 6) is 0.290. The van der Waals surface area contributed by atoms with E-state index in [-0.39, 0.29) is 5.91 Å². The fourth-order valence-corrected chi connectivity index (χ4v) is 4.34. The number of aromatic nitrogens is 5. The van der Waals surface area contributed by atoms with Crippen LogP contribution in [0.25, 0.3) is 5.69 Å². The number of thioether (sulfide) groups is 1. The molecular formula is C23H26N6OS. The minimum absolute atomic E-state index is 0.195. The fourth-order valence-electron chi connectivity index (χ4n) is 3.55. The molecule has 4 rings (SSSR count). The van der Waals surface area contributed by atoms with Crippen molar-refractivity contribution in [3.05, 3.63) is 71.3 Å². The second-order valence-electron chi connectivity index (χ2n) is 7.57. The van der Waals surface area contributed by atoms with Crippen molar-refractivity contribution in [2.24, 2.45) is 0 Å². The Morgan fingerprint density at radius 3 is 2.71 bits per heavy atom. The number of hydrogen-bond acceptors (Lipinski definition) is 6. The lowest BCUT2D eigenvalue weighted by atomic mass is 9.97. The Balaban J connectivity index is 1.51. The lowest BCUT2D eigenvalue weighted by Crippen LogP contribution is -2.26. The zero-order valence-corrected chi connectivity index (χ0v) is 18.4. The van der Waals surface area contributed by atoms with Crippen LogP contribution < -0.4 is 5.32 Å². The van der Waals surface area contributed by atoms with Gasteiger partial charge in [0, 0.05) is 24.7 Å². The SMILES string of the molecule is Cc1ccc(-n2nnc(C(=O)NCCC3=CCCCC3)c2CSc2ncccn2)cc1. The van der Waals surface area contributed by atoms with Gasteiger partial charge in [0.2, 0.25) is 0 Å². The minimum Gasteiger partial charge on any atom is -0.350 e. The fraction of sp³-hybridized carbons (Fsp3) is 0.348. The highest BCUT2D eigenvalue weighted by atomic mass is 32.2. The molecule has 1 aliphatic rings. The highest BCUT2D eigenvalue weighted by Gasteiger charge is 2.21. The first-order valence-electron chi connectivity index (χ1n) is 10.6. The predicted octanol–water partition coefficient (Wildman–Crippen LogP) is 4.28. The maximum Gasteiger partial charge on any atom is 0.273 e. The van der Waals surface area contributed by atoms with Crippen LogP contribution in [-0.2, 0) is 5.75 Å². The molecule has 0 fully saturated rings. The van der Waals surface area contributed by atoms with Gasteiger partial charge in [-0.15, -0.1) is 5.10 Å². The number of carbonyl (C=O) groups is 1. The standard InChI is InChI=1S/C23H26N6OS/c1-17-8-10-19(11-9-17)29-20(16-31-23-25-13-5-14-26-23)21(27-28-29)22(30)24-15-12-18-6-3-2-4-7-18/h5-6,8-11,13-14H,2-4,7,12,15-16H2,1H3,(H,24,30). The van der Waals surface area contributed by atoms with Crippen molar-refractivity contribution >= 4 is 17.7 Å². The summed E-state index contributed by atoms with van der Waals surface area (Å²) in [5.41, 5.74) is 4.55. The van der Waals surface area contributed by atoms with Gasteiger partial charge in [-0.25, -0.2) is 14.6 Å². The summed E-state index contributed by atoms with van der Waals surface area (Å²) in [7, 11) is 0. The third-order valence-electron chi connectivity index (χ3n) is 5.25. The monoisotopic (exact) mass is 434 g/mol. The van der Waals surface area contributed by atoms with Crippen molar-refractivity contribution in [2.45, 2.75) is 49.9 Å². The molecule has 160 valence electrons. The van der Waals surface area contributed by atoms with Gasteiger partial charge in [-0.05, 0) is 57.2 Å². The zero-order chi connectivity index (χ0) is 21.5. The van der Waals surface area contributed by atoms with E-state index in [1.807, 2.05) is 31.2 Å². The van der Waals surface area contributed by atoms with E-state index in [1.165, 1.54) is 30.2 Å². The molecule has 0 aliphatic heterocycles. The van der Waals surface area contributed by atoms with Crippen LogP contribution in [0.1, 0.15) is 53.8 Å². The van der Waals surface area contributed by atoms with Gasteiger partial charge in [-0.2, -0.15) is 0 Å². The second-order valence-corrected chi connectivity index (χ2v) is 8.51. The normalized spacial score (nSPS) is 13.6. The molecule has 0 saturated heterocycles. The zero-order valence-electron chi connectivity index (χ0n) is 17.6. The topological polar surface area (TPSA) is 85.6 Å². The maximum absolute atomic E-state index is 12.9. The number of hydrogen-bond donors (Lipinski definition) is 1. The Morgan fingerprint density at radius 1 is 1.16 bits per heavy atom. The van der Waals surface area contributed by atoms with Crippen molar-refractivity contribution in [1.82, 2.24) is 30.3 Å². The quantitative estimate of drug-likeness (QED) is 0.324. The molecule has 0 saturated carbocycles. The lowest BCUT2D eigenvalue weighted by Gasteiger charge is -2.13. The molecule has 1 amide bonds. The summed E-state index contributed by atoms with van der Waals surface area (Å²) < 4.78 is 1.73. The second kappa shape index (κ2) is 10.3. The van der Waals surface area contributed by atoms with Crippen LogP contribution in [0.4, 0.5) is 0 Å². The van der Waals surface area contributed by atoms with Crippen LogP contribution >= 0.6 is 11.8 Å². The van der Waals surface area contributed by atoms with Crippen LogP contribution in [0.3, 0.4) is 0 Å². The number of amides is 1. The molecule has 1 N–H and O–H groups in total. The van der Waals surface area contributed by atoms with E-state index in [4.69, 9.17) is 0 Å². The number of aryl methyl sites for hydroxylation is 1.